The van der Waals surface area contributed by atoms with E-state index in [2.05, 4.69) is 20.1 Å². The number of hydrogen-bond acceptors (Lipinski definition) is 7. The maximum atomic E-state index is 5.49. The van der Waals surface area contributed by atoms with Crippen LogP contribution in [0.15, 0.2) is 47.2 Å². The molecule has 0 saturated carbocycles. The van der Waals surface area contributed by atoms with Gasteiger partial charge in [-0.25, -0.2) is 9.97 Å². The third kappa shape index (κ3) is 3.51. The molecular weight excluding hydrogens is 296 g/mol. The van der Waals surface area contributed by atoms with Crippen molar-refractivity contribution in [3.63, 3.8) is 0 Å². The predicted molar refractivity (Wildman–Crippen MR) is 81.8 cm³/mol. The molecule has 1 atom stereocenters. The lowest BCUT2D eigenvalue weighted by Gasteiger charge is -2.10. The summed E-state index contributed by atoms with van der Waals surface area (Å²) in [7, 11) is 3.13. The highest BCUT2D eigenvalue weighted by molar-refractivity contribution is 5.49. The number of ether oxygens (including phenoxy) is 2. The highest BCUT2D eigenvalue weighted by atomic mass is 16.5. The first-order valence-corrected chi connectivity index (χ1v) is 7.07. The van der Waals surface area contributed by atoms with Crippen molar-refractivity contribution in [2.45, 2.75) is 12.5 Å². The van der Waals surface area contributed by atoms with E-state index in [0.717, 1.165) is 5.56 Å². The normalized spacial score (nSPS) is 12.1. The van der Waals surface area contributed by atoms with Gasteiger partial charge in [0.25, 0.3) is 5.89 Å². The molecule has 0 fully saturated rings. The molecule has 0 radical (unpaired) electrons. The van der Waals surface area contributed by atoms with Crippen LogP contribution in [-0.4, -0.2) is 34.3 Å². The minimum Gasteiger partial charge on any atom is -0.467 e. The second-order valence-corrected chi connectivity index (χ2v) is 4.83. The van der Waals surface area contributed by atoms with Gasteiger partial charge in [-0.1, -0.05) is 35.5 Å². The Balaban J connectivity index is 1.78. The summed E-state index contributed by atoms with van der Waals surface area (Å²) >= 11 is 0. The van der Waals surface area contributed by atoms with Gasteiger partial charge in [-0.05, 0) is 5.56 Å². The average molecular weight is 312 g/mol. The Kier molecular flexibility index (Phi) is 4.58. The lowest BCUT2D eigenvalue weighted by molar-refractivity contribution is 0.0938. The van der Waals surface area contributed by atoms with Gasteiger partial charge in [0.1, 0.15) is 6.10 Å². The fourth-order valence-electron chi connectivity index (χ4n) is 2.12. The van der Waals surface area contributed by atoms with Gasteiger partial charge in [-0.15, -0.1) is 0 Å². The minimum atomic E-state index is -0.283. The lowest BCUT2D eigenvalue weighted by atomic mass is 10.1. The third-order valence-electron chi connectivity index (χ3n) is 3.34. The van der Waals surface area contributed by atoms with E-state index in [1.807, 2.05) is 30.3 Å². The molecule has 3 aromatic rings. The molecule has 23 heavy (non-hydrogen) atoms. The summed E-state index contributed by atoms with van der Waals surface area (Å²) in [6, 6.07) is 10.3. The highest BCUT2D eigenvalue weighted by Crippen LogP contribution is 2.23. The molecule has 1 unspecified atom stereocenters. The third-order valence-corrected chi connectivity index (χ3v) is 3.34. The minimum absolute atomic E-state index is 0.283. The second-order valence-electron chi connectivity index (χ2n) is 4.83. The van der Waals surface area contributed by atoms with Crippen LogP contribution in [0, 0.1) is 0 Å². The number of aromatic nitrogens is 4. The fourth-order valence-corrected chi connectivity index (χ4v) is 2.12. The van der Waals surface area contributed by atoms with Crippen LogP contribution in [0.4, 0.5) is 0 Å². The van der Waals surface area contributed by atoms with E-state index >= 15 is 0 Å². The van der Waals surface area contributed by atoms with Crippen LogP contribution in [0.25, 0.3) is 11.5 Å². The first-order chi connectivity index (χ1) is 11.3. The molecule has 0 N–H and O–H groups in total. The summed E-state index contributed by atoms with van der Waals surface area (Å²) in [5.41, 5.74) is 1.76. The zero-order chi connectivity index (χ0) is 16.1. The van der Waals surface area contributed by atoms with Crippen LogP contribution >= 0.6 is 0 Å². The summed E-state index contributed by atoms with van der Waals surface area (Å²) in [5.74, 6) is 0.833. The van der Waals surface area contributed by atoms with Crippen LogP contribution in [0.3, 0.4) is 0 Å². The monoisotopic (exact) mass is 312 g/mol. The quantitative estimate of drug-likeness (QED) is 0.691. The molecule has 0 aliphatic carbocycles. The van der Waals surface area contributed by atoms with Crippen LogP contribution in [-0.2, 0) is 11.2 Å². The van der Waals surface area contributed by atoms with Crippen molar-refractivity contribution in [2.24, 2.45) is 0 Å². The molecule has 0 spiro atoms. The molecule has 0 amide bonds. The summed E-state index contributed by atoms with van der Waals surface area (Å²) in [5, 5.41) is 4.00. The van der Waals surface area contributed by atoms with Crippen molar-refractivity contribution in [3.05, 3.63) is 54.1 Å². The molecule has 3 rings (SSSR count). The molecule has 0 bridgehead atoms. The summed E-state index contributed by atoms with van der Waals surface area (Å²) in [6.07, 6.45) is 3.52. The molecule has 1 aromatic carbocycles. The van der Waals surface area contributed by atoms with Crippen LogP contribution in [0.1, 0.15) is 17.5 Å². The number of nitrogens with zero attached hydrogens (tertiary/aromatic N) is 4. The highest BCUT2D eigenvalue weighted by Gasteiger charge is 2.19. The first kappa shape index (κ1) is 15.1. The zero-order valence-corrected chi connectivity index (χ0v) is 12.8. The molecule has 7 heteroatoms. The fraction of sp³-hybridized carbons (Fsp3) is 0.250. The Hall–Kier alpha value is -2.80. The van der Waals surface area contributed by atoms with Crippen molar-refractivity contribution in [2.75, 3.05) is 14.2 Å². The average Bonchev–Trinajstić information content (AvgIpc) is 3.10. The van der Waals surface area contributed by atoms with E-state index < -0.39 is 0 Å². The summed E-state index contributed by atoms with van der Waals surface area (Å²) in [6.45, 7) is 0. The van der Waals surface area contributed by atoms with E-state index in [4.69, 9.17) is 14.0 Å². The number of rotatable bonds is 6. The molecule has 0 aliphatic heterocycles. The largest absolute Gasteiger partial charge is 0.467 e. The Labute approximate surface area is 133 Å². The number of methoxy groups -OCH3 is 2. The van der Waals surface area contributed by atoms with Gasteiger partial charge in [-0.2, -0.15) is 4.98 Å². The SMILES string of the molecule is COc1ncc(-c2nc(C(Cc3ccccc3)OC)no2)cn1. The second kappa shape index (κ2) is 6.97. The van der Waals surface area contributed by atoms with Gasteiger partial charge < -0.3 is 14.0 Å². The maximum Gasteiger partial charge on any atom is 0.316 e. The summed E-state index contributed by atoms with van der Waals surface area (Å²) < 4.78 is 15.7. The van der Waals surface area contributed by atoms with E-state index in [0.29, 0.717) is 23.7 Å². The topological polar surface area (TPSA) is 83.2 Å². The molecule has 118 valence electrons. The zero-order valence-electron chi connectivity index (χ0n) is 12.8. The van der Waals surface area contributed by atoms with Crippen molar-refractivity contribution < 1.29 is 14.0 Å². The van der Waals surface area contributed by atoms with Crippen LogP contribution in [0.2, 0.25) is 0 Å². The van der Waals surface area contributed by atoms with Gasteiger partial charge in [0, 0.05) is 25.9 Å². The number of hydrogen-bond donors (Lipinski definition) is 0. The van der Waals surface area contributed by atoms with Crippen molar-refractivity contribution in [3.8, 4) is 17.5 Å². The molecular formula is C16H16N4O3. The number of benzene rings is 1. The van der Waals surface area contributed by atoms with Crippen molar-refractivity contribution in [1.29, 1.82) is 0 Å². The molecule has 2 aromatic heterocycles. The van der Waals surface area contributed by atoms with Crippen molar-refractivity contribution >= 4 is 0 Å². The Bertz CT molecular complexity index is 744. The Morgan fingerprint density at radius 3 is 2.48 bits per heavy atom. The standard InChI is InChI=1S/C16H16N4O3/c1-21-13(8-11-6-4-3-5-7-11)14-19-15(23-20-14)12-9-17-16(22-2)18-10-12/h3-7,9-10,13H,8H2,1-2H3. The van der Waals surface area contributed by atoms with Gasteiger partial charge >= 0.3 is 6.01 Å². The van der Waals surface area contributed by atoms with Crippen molar-refractivity contribution in [1.82, 2.24) is 20.1 Å². The Morgan fingerprint density at radius 1 is 1.09 bits per heavy atom. The van der Waals surface area contributed by atoms with Gasteiger partial charge in [-0.3, -0.25) is 0 Å². The van der Waals surface area contributed by atoms with Gasteiger partial charge in [0.2, 0.25) is 5.82 Å². The molecule has 0 aliphatic rings. The maximum absolute atomic E-state index is 5.49. The van der Waals surface area contributed by atoms with Crippen LogP contribution in [0.5, 0.6) is 6.01 Å². The Morgan fingerprint density at radius 2 is 1.83 bits per heavy atom. The molecule has 0 saturated heterocycles. The summed E-state index contributed by atoms with van der Waals surface area (Å²) in [4.78, 5) is 12.4. The van der Waals surface area contributed by atoms with E-state index in [1.54, 1.807) is 19.5 Å². The first-order valence-electron chi connectivity index (χ1n) is 7.07. The molecule has 2 heterocycles. The smallest absolute Gasteiger partial charge is 0.316 e. The van der Waals surface area contributed by atoms with E-state index in [-0.39, 0.29) is 12.1 Å². The van der Waals surface area contributed by atoms with Gasteiger partial charge in [0.05, 0.1) is 12.7 Å². The van der Waals surface area contributed by atoms with Gasteiger partial charge in [0.15, 0.2) is 0 Å². The molecule has 7 nitrogen and oxygen atoms in total. The van der Waals surface area contributed by atoms with E-state index in [9.17, 15) is 0 Å². The lowest BCUT2D eigenvalue weighted by Crippen LogP contribution is -2.07. The van der Waals surface area contributed by atoms with Crippen LogP contribution < -0.4 is 4.74 Å². The predicted octanol–water partition coefficient (Wildman–Crippen LogP) is 2.47. The van der Waals surface area contributed by atoms with E-state index in [1.165, 1.54) is 7.11 Å².